The molecule has 1 aliphatic carbocycles. The highest BCUT2D eigenvalue weighted by molar-refractivity contribution is 7.92. The molecular formula is C10H21NO3S. The molecule has 0 aromatic carbocycles. The zero-order chi connectivity index (χ0) is 11.1. The normalized spacial score (nSPS) is 18.5. The first-order valence-corrected chi connectivity index (χ1v) is 7.29. The van der Waals surface area contributed by atoms with E-state index in [0.29, 0.717) is 13.2 Å². The lowest BCUT2D eigenvalue weighted by atomic mass is 10.4. The van der Waals surface area contributed by atoms with Crippen LogP contribution < -0.4 is 5.32 Å². The largest absolute Gasteiger partial charge is 0.383 e. The summed E-state index contributed by atoms with van der Waals surface area (Å²) in [4.78, 5) is 0. The van der Waals surface area contributed by atoms with Crippen LogP contribution in [0.3, 0.4) is 0 Å². The highest BCUT2D eigenvalue weighted by atomic mass is 32.2. The van der Waals surface area contributed by atoms with E-state index >= 15 is 0 Å². The van der Waals surface area contributed by atoms with E-state index < -0.39 is 9.84 Å². The Kier molecular flexibility index (Phi) is 5.56. The second-order valence-corrected chi connectivity index (χ2v) is 6.42. The van der Waals surface area contributed by atoms with Crippen LogP contribution >= 0.6 is 0 Å². The number of ether oxygens (including phenoxy) is 1. The van der Waals surface area contributed by atoms with Gasteiger partial charge in [0.15, 0.2) is 9.84 Å². The number of sulfone groups is 1. The average Bonchev–Trinajstić information content (AvgIpc) is 2.70. The Balaban J connectivity index is 2.18. The van der Waals surface area contributed by atoms with Crippen LogP contribution in [0.1, 0.15) is 25.7 Å². The Morgan fingerprint density at radius 1 is 1.27 bits per heavy atom. The average molecular weight is 235 g/mol. The molecule has 1 fully saturated rings. The maximum absolute atomic E-state index is 11.8. The Morgan fingerprint density at radius 3 is 2.53 bits per heavy atom. The first-order chi connectivity index (χ1) is 7.17. The van der Waals surface area contributed by atoms with Crippen molar-refractivity contribution < 1.29 is 13.2 Å². The van der Waals surface area contributed by atoms with Crippen molar-refractivity contribution in [2.75, 3.05) is 32.6 Å². The summed E-state index contributed by atoms with van der Waals surface area (Å²) in [6.45, 7) is 1.89. The third-order valence-electron chi connectivity index (χ3n) is 2.86. The van der Waals surface area contributed by atoms with Gasteiger partial charge in [0, 0.05) is 20.2 Å². The summed E-state index contributed by atoms with van der Waals surface area (Å²) in [5.74, 6) is 0.265. The molecule has 1 N–H and O–H groups in total. The minimum Gasteiger partial charge on any atom is -0.383 e. The molecule has 0 unspecified atom stereocenters. The fourth-order valence-electron chi connectivity index (χ4n) is 1.93. The molecule has 0 spiro atoms. The molecule has 0 saturated heterocycles. The van der Waals surface area contributed by atoms with Crippen molar-refractivity contribution in [2.24, 2.45) is 0 Å². The summed E-state index contributed by atoms with van der Waals surface area (Å²) in [6, 6.07) is 0. The predicted molar refractivity (Wildman–Crippen MR) is 60.8 cm³/mol. The van der Waals surface area contributed by atoms with Crippen molar-refractivity contribution in [2.45, 2.75) is 30.9 Å². The summed E-state index contributed by atoms with van der Waals surface area (Å²) >= 11 is 0. The molecule has 90 valence electrons. The topological polar surface area (TPSA) is 55.4 Å². The van der Waals surface area contributed by atoms with Gasteiger partial charge >= 0.3 is 0 Å². The SMILES string of the molecule is COCCNCCS(=O)(=O)C1CCCC1. The van der Waals surface area contributed by atoms with E-state index in [2.05, 4.69) is 5.32 Å². The standard InChI is InChI=1S/C10H21NO3S/c1-14-8-6-11-7-9-15(12,13)10-4-2-3-5-10/h10-11H,2-9H2,1H3. The molecule has 4 nitrogen and oxygen atoms in total. The fourth-order valence-corrected chi connectivity index (χ4v) is 3.74. The second-order valence-electron chi connectivity index (χ2n) is 4.02. The molecule has 0 aromatic heterocycles. The lowest BCUT2D eigenvalue weighted by Crippen LogP contribution is -2.30. The van der Waals surface area contributed by atoms with E-state index in [9.17, 15) is 8.42 Å². The lowest BCUT2D eigenvalue weighted by molar-refractivity contribution is 0.200. The van der Waals surface area contributed by atoms with E-state index in [1.807, 2.05) is 0 Å². The molecule has 0 radical (unpaired) electrons. The van der Waals surface area contributed by atoms with Crippen LogP contribution in [0.15, 0.2) is 0 Å². The molecule has 1 aliphatic rings. The van der Waals surface area contributed by atoms with Crippen LogP contribution in [0.25, 0.3) is 0 Å². The number of hydrogen-bond acceptors (Lipinski definition) is 4. The van der Waals surface area contributed by atoms with E-state index in [-0.39, 0.29) is 11.0 Å². The van der Waals surface area contributed by atoms with Crippen molar-refractivity contribution in [3.05, 3.63) is 0 Å². The molecule has 1 saturated carbocycles. The van der Waals surface area contributed by atoms with Gasteiger partial charge in [-0.3, -0.25) is 0 Å². The summed E-state index contributed by atoms with van der Waals surface area (Å²) in [5.41, 5.74) is 0. The van der Waals surface area contributed by atoms with E-state index in [4.69, 9.17) is 4.74 Å². The van der Waals surface area contributed by atoms with E-state index in [0.717, 1.165) is 32.2 Å². The summed E-state index contributed by atoms with van der Waals surface area (Å²) in [7, 11) is -1.21. The van der Waals surface area contributed by atoms with Gasteiger partial charge in [0.1, 0.15) is 0 Å². The minimum absolute atomic E-state index is 0.0678. The van der Waals surface area contributed by atoms with Crippen molar-refractivity contribution in [1.82, 2.24) is 5.32 Å². The summed E-state index contributed by atoms with van der Waals surface area (Å²) in [6.07, 6.45) is 3.86. The van der Waals surface area contributed by atoms with Gasteiger partial charge < -0.3 is 10.1 Å². The number of nitrogens with one attached hydrogen (secondary N) is 1. The van der Waals surface area contributed by atoms with Crippen LogP contribution in [-0.4, -0.2) is 46.2 Å². The fraction of sp³-hybridized carbons (Fsp3) is 1.00. The number of hydrogen-bond donors (Lipinski definition) is 1. The Labute approximate surface area is 92.3 Å². The third kappa shape index (κ3) is 4.49. The molecule has 0 aromatic rings. The first kappa shape index (κ1) is 12.9. The van der Waals surface area contributed by atoms with Crippen molar-refractivity contribution in [3.8, 4) is 0 Å². The molecule has 15 heavy (non-hydrogen) atoms. The molecule has 0 bridgehead atoms. The van der Waals surface area contributed by atoms with Crippen LogP contribution in [0.4, 0.5) is 0 Å². The zero-order valence-corrected chi connectivity index (χ0v) is 10.2. The minimum atomic E-state index is -2.85. The van der Waals surface area contributed by atoms with Crippen molar-refractivity contribution >= 4 is 9.84 Å². The number of methoxy groups -OCH3 is 1. The second kappa shape index (κ2) is 6.45. The number of rotatable bonds is 7. The van der Waals surface area contributed by atoms with Crippen LogP contribution in [0.5, 0.6) is 0 Å². The van der Waals surface area contributed by atoms with Gasteiger partial charge in [-0.2, -0.15) is 0 Å². The van der Waals surface area contributed by atoms with Gasteiger partial charge in [-0.25, -0.2) is 8.42 Å². The Morgan fingerprint density at radius 2 is 1.93 bits per heavy atom. The van der Waals surface area contributed by atoms with Gasteiger partial charge in [0.05, 0.1) is 17.6 Å². The van der Waals surface area contributed by atoms with E-state index in [1.165, 1.54) is 0 Å². The van der Waals surface area contributed by atoms with Gasteiger partial charge in [-0.15, -0.1) is 0 Å². The van der Waals surface area contributed by atoms with Gasteiger partial charge in [-0.1, -0.05) is 12.8 Å². The Hall–Kier alpha value is -0.130. The van der Waals surface area contributed by atoms with Gasteiger partial charge in [0.25, 0.3) is 0 Å². The van der Waals surface area contributed by atoms with Crippen molar-refractivity contribution in [1.29, 1.82) is 0 Å². The summed E-state index contributed by atoms with van der Waals surface area (Å²) < 4.78 is 28.5. The molecule has 0 amide bonds. The lowest BCUT2D eigenvalue weighted by Gasteiger charge is -2.11. The smallest absolute Gasteiger partial charge is 0.154 e. The first-order valence-electron chi connectivity index (χ1n) is 5.58. The summed E-state index contributed by atoms with van der Waals surface area (Å²) in [5, 5.41) is 2.99. The monoisotopic (exact) mass is 235 g/mol. The molecule has 0 aliphatic heterocycles. The predicted octanol–water partition coefficient (Wildman–Crippen LogP) is 0.580. The van der Waals surface area contributed by atoms with Crippen LogP contribution in [0, 0.1) is 0 Å². The molecule has 5 heteroatoms. The maximum atomic E-state index is 11.8. The molecular weight excluding hydrogens is 214 g/mol. The van der Waals surface area contributed by atoms with Gasteiger partial charge in [0.2, 0.25) is 0 Å². The molecule has 1 rings (SSSR count). The zero-order valence-electron chi connectivity index (χ0n) is 9.37. The van der Waals surface area contributed by atoms with Crippen LogP contribution in [0.2, 0.25) is 0 Å². The van der Waals surface area contributed by atoms with E-state index in [1.54, 1.807) is 7.11 Å². The highest BCUT2D eigenvalue weighted by Gasteiger charge is 2.27. The van der Waals surface area contributed by atoms with Gasteiger partial charge in [-0.05, 0) is 12.8 Å². The Bertz CT molecular complexity index is 258. The maximum Gasteiger partial charge on any atom is 0.154 e. The quantitative estimate of drug-likeness (QED) is 0.656. The third-order valence-corrected chi connectivity index (χ3v) is 5.12. The molecule has 0 atom stereocenters. The van der Waals surface area contributed by atoms with Crippen LogP contribution in [-0.2, 0) is 14.6 Å². The highest BCUT2D eigenvalue weighted by Crippen LogP contribution is 2.24. The van der Waals surface area contributed by atoms with Crippen molar-refractivity contribution in [3.63, 3.8) is 0 Å². The molecule has 0 heterocycles.